The van der Waals surface area contributed by atoms with Gasteiger partial charge in [-0.3, -0.25) is 0 Å². The number of nitrogens with two attached hydrogens (primary N) is 1. The number of anilines is 1. The van der Waals surface area contributed by atoms with Crippen molar-refractivity contribution in [3.63, 3.8) is 0 Å². The molecule has 1 unspecified atom stereocenters. The number of hydrogen-bond donors (Lipinski definition) is 2. The van der Waals surface area contributed by atoms with Crippen LogP contribution < -0.4 is 11.1 Å². The van der Waals surface area contributed by atoms with Gasteiger partial charge in [0.1, 0.15) is 0 Å². The lowest BCUT2D eigenvalue weighted by molar-refractivity contribution is 0.607. The molecule has 1 atom stereocenters. The Hall–Kier alpha value is -1.54. The van der Waals surface area contributed by atoms with Crippen LogP contribution in [-0.2, 0) is 0 Å². The highest BCUT2D eigenvalue weighted by molar-refractivity contribution is 5.92. The Balaban J connectivity index is 2.23. The fourth-order valence-electron chi connectivity index (χ4n) is 3.12. The van der Waals surface area contributed by atoms with Crippen LogP contribution >= 0.6 is 0 Å². The van der Waals surface area contributed by atoms with Gasteiger partial charge in [0.15, 0.2) is 0 Å². The second kappa shape index (κ2) is 4.29. The molecule has 18 heavy (non-hydrogen) atoms. The quantitative estimate of drug-likeness (QED) is 0.726. The zero-order chi connectivity index (χ0) is 12.7. The summed E-state index contributed by atoms with van der Waals surface area (Å²) < 4.78 is 0. The third kappa shape index (κ3) is 1.68. The molecule has 2 aliphatic rings. The summed E-state index contributed by atoms with van der Waals surface area (Å²) in [6.45, 7) is 4.37. The lowest BCUT2D eigenvalue weighted by Gasteiger charge is -2.34. The molecule has 94 valence electrons. The molecule has 0 amide bonds. The summed E-state index contributed by atoms with van der Waals surface area (Å²) in [6, 6.07) is 8.71. The Morgan fingerprint density at radius 2 is 2.06 bits per heavy atom. The molecular formula is C16H20N2. The standard InChI is InChI=1S/C16H20N2/c1-10(2)15-11-6-3-4-8-13(11)18-14-9-5-7-12(17)16(14)15/h3-4,6,8,12,18H,5,7,9,17H2,1-2H3. The summed E-state index contributed by atoms with van der Waals surface area (Å²) in [4.78, 5) is 0. The smallest absolute Gasteiger partial charge is 0.0461 e. The first-order valence-electron chi connectivity index (χ1n) is 6.71. The maximum atomic E-state index is 6.34. The van der Waals surface area contributed by atoms with Crippen LogP contribution in [0, 0.1) is 0 Å². The third-order valence-electron chi connectivity index (χ3n) is 3.89. The van der Waals surface area contributed by atoms with E-state index in [1.165, 1.54) is 40.1 Å². The molecule has 2 heteroatoms. The van der Waals surface area contributed by atoms with Crippen molar-refractivity contribution in [2.45, 2.75) is 39.2 Å². The lowest BCUT2D eigenvalue weighted by Crippen LogP contribution is -2.31. The fourth-order valence-corrected chi connectivity index (χ4v) is 3.12. The summed E-state index contributed by atoms with van der Waals surface area (Å²) in [7, 11) is 0. The number of nitrogens with one attached hydrogen (secondary N) is 1. The topological polar surface area (TPSA) is 38.0 Å². The van der Waals surface area contributed by atoms with E-state index >= 15 is 0 Å². The first-order valence-corrected chi connectivity index (χ1v) is 6.71. The van der Waals surface area contributed by atoms with E-state index in [0.29, 0.717) is 0 Å². The molecule has 0 radical (unpaired) electrons. The summed E-state index contributed by atoms with van der Waals surface area (Å²) in [5, 5.41) is 3.58. The highest BCUT2D eigenvalue weighted by Crippen LogP contribution is 2.43. The molecule has 3 rings (SSSR count). The maximum absolute atomic E-state index is 6.34. The minimum Gasteiger partial charge on any atom is -0.358 e. The van der Waals surface area contributed by atoms with Crippen LogP contribution in [0.3, 0.4) is 0 Å². The Morgan fingerprint density at radius 1 is 1.28 bits per heavy atom. The van der Waals surface area contributed by atoms with Crippen molar-refractivity contribution in [3.05, 3.63) is 46.7 Å². The van der Waals surface area contributed by atoms with E-state index in [2.05, 4.69) is 43.4 Å². The van der Waals surface area contributed by atoms with E-state index < -0.39 is 0 Å². The van der Waals surface area contributed by atoms with Crippen molar-refractivity contribution in [3.8, 4) is 0 Å². The summed E-state index contributed by atoms with van der Waals surface area (Å²) in [5.41, 5.74) is 14.3. The number of hydrogen-bond acceptors (Lipinski definition) is 2. The summed E-state index contributed by atoms with van der Waals surface area (Å²) in [5.74, 6) is 0. The molecule has 1 aliphatic carbocycles. The van der Waals surface area contributed by atoms with Crippen molar-refractivity contribution >= 4 is 11.3 Å². The zero-order valence-corrected chi connectivity index (χ0v) is 11.1. The van der Waals surface area contributed by atoms with E-state index in [1.54, 1.807) is 0 Å². The molecule has 0 saturated heterocycles. The van der Waals surface area contributed by atoms with Crippen molar-refractivity contribution < 1.29 is 0 Å². The average molecular weight is 240 g/mol. The highest BCUT2D eigenvalue weighted by Gasteiger charge is 2.29. The first kappa shape index (κ1) is 11.5. The van der Waals surface area contributed by atoms with E-state index in [9.17, 15) is 0 Å². The number of rotatable bonds is 0. The van der Waals surface area contributed by atoms with E-state index in [0.717, 1.165) is 12.8 Å². The molecule has 1 heterocycles. The number of para-hydroxylation sites is 1. The predicted octanol–water partition coefficient (Wildman–Crippen LogP) is 3.67. The monoisotopic (exact) mass is 240 g/mol. The molecule has 0 bridgehead atoms. The van der Waals surface area contributed by atoms with Gasteiger partial charge >= 0.3 is 0 Å². The van der Waals surface area contributed by atoms with Crippen LogP contribution in [0.15, 0.2) is 41.1 Å². The molecule has 0 aromatic heterocycles. The first-order chi connectivity index (χ1) is 8.68. The Kier molecular flexibility index (Phi) is 2.75. The molecule has 2 nitrogen and oxygen atoms in total. The van der Waals surface area contributed by atoms with Crippen LogP contribution in [0.5, 0.6) is 0 Å². The van der Waals surface area contributed by atoms with E-state index in [-0.39, 0.29) is 6.04 Å². The Bertz CT molecular complexity index is 548. The molecular weight excluding hydrogens is 220 g/mol. The van der Waals surface area contributed by atoms with Crippen molar-refractivity contribution in [1.29, 1.82) is 0 Å². The second-order valence-electron chi connectivity index (χ2n) is 5.44. The number of fused-ring (bicyclic) bond motifs is 1. The molecule has 0 fully saturated rings. The highest BCUT2D eigenvalue weighted by atomic mass is 14.9. The second-order valence-corrected chi connectivity index (χ2v) is 5.44. The Morgan fingerprint density at radius 3 is 2.83 bits per heavy atom. The molecule has 1 aliphatic heterocycles. The van der Waals surface area contributed by atoms with Gasteiger partial charge in [0.2, 0.25) is 0 Å². The van der Waals surface area contributed by atoms with Gasteiger partial charge in [-0.1, -0.05) is 23.8 Å². The molecule has 3 N–H and O–H groups in total. The van der Waals surface area contributed by atoms with Crippen LogP contribution in [-0.4, -0.2) is 6.04 Å². The van der Waals surface area contributed by atoms with Gasteiger partial charge in [-0.25, -0.2) is 0 Å². The van der Waals surface area contributed by atoms with Crippen LogP contribution in [0.1, 0.15) is 38.7 Å². The van der Waals surface area contributed by atoms with Crippen LogP contribution in [0.2, 0.25) is 0 Å². The SMILES string of the molecule is CC(C)=C1C2=C(CCCC2N)Nc2ccccc21. The molecule has 1 aromatic carbocycles. The summed E-state index contributed by atoms with van der Waals surface area (Å²) in [6.07, 6.45) is 3.40. The average Bonchev–Trinajstić information content (AvgIpc) is 2.36. The van der Waals surface area contributed by atoms with Crippen LogP contribution in [0.25, 0.3) is 5.57 Å². The minimum absolute atomic E-state index is 0.180. The van der Waals surface area contributed by atoms with Gasteiger partial charge in [-0.15, -0.1) is 0 Å². The molecule has 0 saturated carbocycles. The third-order valence-corrected chi connectivity index (χ3v) is 3.89. The predicted molar refractivity (Wildman–Crippen MR) is 77.2 cm³/mol. The maximum Gasteiger partial charge on any atom is 0.0461 e. The lowest BCUT2D eigenvalue weighted by atomic mass is 9.79. The van der Waals surface area contributed by atoms with Gasteiger partial charge < -0.3 is 11.1 Å². The van der Waals surface area contributed by atoms with E-state index in [1.807, 2.05) is 0 Å². The van der Waals surface area contributed by atoms with Gasteiger partial charge in [-0.05, 0) is 50.3 Å². The van der Waals surface area contributed by atoms with Gasteiger partial charge in [0.25, 0.3) is 0 Å². The summed E-state index contributed by atoms with van der Waals surface area (Å²) >= 11 is 0. The van der Waals surface area contributed by atoms with Crippen molar-refractivity contribution in [2.75, 3.05) is 5.32 Å². The van der Waals surface area contributed by atoms with Crippen molar-refractivity contribution in [1.82, 2.24) is 0 Å². The van der Waals surface area contributed by atoms with Crippen molar-refractivity contribution in [2.24, 2.45) is 5.73 Å². The largest absolute Gasteiger partial charge is 0.358 e. The molecule has 0 spiro atoms. The van der Waals surface area contributed by atoms with Gasteiger partial charge in [0, 0.05) is 23.0 Å². The van der Waals surface area contributed by atoms with E-state index in [4.69, 9.17) is 5.73 Å². The van der Waals surface area contributed by atoms with Gasteiger partial charge in [0.05, 0.1) is 0 Å². The Labute approximate surface area is 109 Å². The zero-order valence-electron chi connectivity index (χ0n) is 11.1. The van der Waals surface area contributed by atoms with Crippen LogP contribution in [0.4, 0.5) is 5.69 Å². The van der Waals surface area contributed by atoms with Gasteiger partial charge in [-0.2, -0.15) is 0 Å². The minimum atomic E-state index is 0.180. The number of allylic oxidation sites excluding steroid dienone is 2. The molecule has 1 aromatic rings. The fraction of sp³-hybridized carbons (Fsp3) is 0.375. The number of benzene rings is 1. The normalized spacial score (nSPS) is 22.2.